The molecule has 1 amide bonds. The van der Waals surface area contributed by atoms with E-state index in [2.05, 4.69) is 16.0 Å². The van der Waals surface area contributed by atoms with Gasteiger partial charge in [-0.15, -0.1) is 0 Å². The lowest BCUT2D eigenvalue weighted by molar-refractivity contribution is -0.133. The molecule has 1 aliphatic heterocycles. The Morgan fingerprint density at radius 1 is 1.04 bits per heavy atom. The molecule has 5 heteroatoms. The third-order valence-electron chi connectivity index (χ3n) is 4.40. The second kappa shape index (κ2) is 9.18. The monoisotopic (exact) mass is 339 g/mol. The quantitative estimate of drug-likeness (QED) is 0.728. The fraction of sp³-hybridized carbons (Fsp3) is 0.400. The normalized spacial score (nSPS) is 15.1. The Labute approximate surface area is 149 Å². The van der Waals surface area contributed by atoms with Crippen molar-refractivity contribution in [2.75, 3.05) is 32.8 Å². The Balaban J connectivity index is 1.33. The molecule has 0 N–H and O–H groups in total. The Hall–Kier alpha value is -2.40. The Bertz CT molecular complexity index is 641. The van der Waals surface area contributed by atoms with Crippen LogP contribution in [0, 0.1) is 0 Å². The van der Waals surface area contributed by atoms with Gasteiger partial charge in [0.1, 0.15) is 5.75 Å². The number of pyridine rings is 1. The molecule has 0 atom stereocenters. The summed E-state index contributed by atoms with van der Waals surface area (Å²) in [5.74, 6) is 1.09. The molecule has 1 aromatic heterocycles. The van der Waals surface area contributed by atoms with Crippen LogP contribution in [-0.2, 0) is 11.3 Å². The van der Waals surface area contributed by atoms with Gasteiger partial charge in [-0.05, 0) is 30.2 Å². The molecule has 0 aliphatic carbocycles. The molecule has 1 fully saturated rings. The van der Waals surface area contributed by atoms with Crippen molar-refractivity contribution in [3.63, 3.8) is 0 Å². The van der Waals surface area contributed by atoms with Gasteiger partial charge in [0.25, 0.3) is 0 Å². The van der Waals surface area contributed by atoms with E-state index >= 15 is 0 Å². The van der Waals surface area contributed by atoms with Gasteiger partial charge in [-0.1, -0.05) is 24.3 Å². The van der Waals surface area contributed by atoms with Gasteiger partial charge in [-0.2, -0.15) is 0 Å². The molecule has 1 saturated heterocycles. The van der Waals surface area contributed by atoms with Crippen LogP contribution in [0.25, 0.3) is 0 Å². The predicted molar refractivity (Wildman–Crippen MR) is 97.3 cm³/mol. The zero-order valence-electron chi connectivity index (χ0n) is 14.5. The summed E-state index contributed by atoms with van der Waals surface area (Å²) >= 11 is 0. The molecule has 0 radical (unpaired) electrons. The average molecular weight is 339 g/mol. The summed E-state index contributed by atoms with van der Waals surface area (Å²) in [5, 5.41) is 0. The molecule has 0 saturated carbocycles. The highest BCUT2D eigenvalue weighted by Gasteiger charge is 2.20. The minimum atomic E-state index is 0.234. The molecule has 1 aliphatic rings. The van der Waals surface area contributed by atoms with Crippen molar-refractivity contribution >= 4 is 5.91 Å². The second-order valence-corrected chi connectivity index (χ2v) is 6.28. The highest BCUT2D eigenvalue weighted by atomic mass is 16.5. The number of hydrogen-bond acceptors (Lipinski definition) is 4. The maximum atomic E-state index is 12.3. The summed E-state index contributed by atoms with van der Waals surface area (Å²) in [6.07, 6.45) is 5.00. The molecule has 1 aromatic carbocycles. The van der Waals surface area contributed by atoms with E-state index in [1.54, 1.807) is 6.20 Å². The first kappa shape index (κ1) is 17.4. The van der Waals surface area contributed by atoms with Gasteiger partial charge in [0, 0.05) is 51.5 Å². The van der Waals surface area contributed by atoms with Crippen LogP contribution in [-0.4, -0.2) is 53.5 Å². The molecule has 3 rings (SSSR count). The number of carbonyl (C=O) groups is 1. The van der Waals surface area contributed by atoms with Crippen LogP contribution >= 0.6 is 0 Å². The van der Waals surface area contributed by atoms with E-state index in [9.17, 15) is 4.79 Å². The first-order chi connectivity index (χ1) is 12.3. The average Bonchev–Trinajstić information content (AvgIpc) is 2.67. The first-order valence-electron chi connectivity index (χ1n) is 8.88. The first-order valence-corrected chi connectivity index (χ1v) is 8.88. The van der Waals surface area contributed by atoms with Gasteiger partial charge in [0.2, 0.25) is 5.91 Å². The van der Waals surface area contributed by atoms with E-state index in [1.165, 1.54) is 5.56 Å². The summed E-state index contributed by atoms with van der Waals surface area (Å²) in [6, 6.07) is 13.8. The number of para-hydroxylation sites is 1. The highest BCUT2D eigenvalue weighted by molar-refractivity contribution is 5.76. The van der Waals surface area contributed by atoms with Crippen molar-refractivity contribution < 1.29 is 9.53 Å². The lowest BCUT2D eigenvalue weighted by Gasteiger charge is -2.34. The minimum Gasteiger partial charge on any atom is -0.494 e. The van der Waals surface area contributed by atoms with Crippen LogP contribution in [0.1, 0.15) is 18.4 Å². The minimum absolute atomic E-state index is 0.234. The molecule has 0 bridgehead atoms. The van der Waals surface area contributed by atoms with E-state index in [-0.39, 0.29) is 5.91 Å². The van der Waals surface area contributed by atoms with Gasteiger partial charge in [0.15, 0.2) is 0 Å². The lowest BCUT2D eigenvalue weighted by Crippen LogP contribution is -2.48. The van der Waals surface area contributed by atoms with Crippen LogP contribution in [0.3, 0.4) is 0 Å². The number of benzene rings is 1. The molecular weight excluding hydrogens is 314 g/mol. The summed E-state index contributed by atoms with van der Waals surface area (Å²) < 4.78 is 5.64. The van der Waals surface area contributed by atoms with Gasteiger partial charge in [-0.25, -0.2) is 0 Å². The molecule has 2 aromatic rings. The van der Waals surface area contributed by atoms with Gasteiger partial charge in [0.05, 0.1) is 6.61 Å². The number of ether oxygens (including phenoxy) is 1. The van der Waals surface area contributed by atoms with Crippen molar-refractivity contribution in [3.8, 4) is 5.75 Å². The van der Waals surface area contributed by atoms with Gasteiger partial charge < -0.3 is 9.64 Å². The van der Waals surface area contributed by atoms with E-state index in [1.807, 2.05) is 47.5 Å². The van der Waals surface area contributed by atoms with Crippen molar-refractivity contribution in [2.24, 2.45) is 0 Å². The lowest BCUT2D eigenvalue weighted by atomic mass is 10.2. The second-order valence-electron chi connectivity index (χ2n) is 6.28. The van der Waals surface area contributed by atoms with Crippen LogP contribution < -0.4 is 4.74 Å². The third kappa shape index (κ3) is 5.57. The number of piperazine rings is 1. The van der Waals surface area contributed by atoms with E-state index < -0.39 is 0 Å². The molecule has 132 valence electrons. The molecule has 25 heavy (non-hydrogen) atoms. The zero-order valence-corrected chi connectivity index (χ0v) is 14.5. The largest absolute Gasteiger partial charge is 0.494 e. The molecule has 5 nitrogen and oxygen atoms in total. The maximum Gasteiger partial charge on any atom is 0.222 e. The standard InChI is InChI=1S/C20H25N3O2/c24-20(9-5-15-25-19-7-2-1-3-8-19)23-13-11-22(12-14-23)17-18-6-4-10-21-16-18/h1-4,6-8,10,16H,5,9,11-15,17H2. The molecule has 2 heterocycles. The Morgan fingerprint density at radius 2 is 1.84 bits per heavy atom. The van der Waals surface area contributed by atoms with Crippen LogP contribution in [0.4, 0.5) is 0 Å². The number of carbonyl (C=O) groups excluding carboxylic acids is 1. The summed E-state index contributed by atoms with van der Waals surface area (Å²) in [7, 11) is 0. The smallest absolute Gasteiger partial charge is 0.222 e. The summed E-state index contributed by atoms with van der Waals surface area (Å²) in [4.78, 5) is 20.8. The molecule has 0 spiro atoms. The fourth-order valence-corrected chi connectivity index (χ4v) is 2.99. The number of nitrogens with zero attached hydrogens (tertiary/aromatic N) is 3. The van der Waals surface area contributed by atoms with Gasteiger partial charge >= 0.3 is 0 Å². The fourth-order valence-electron chi connectivity index (χ4n) is 2.99. The molecular formula is C20H25N3O2. The van der Waals surface area contributed by atoms with Crippen LogP contribution in [0.15, 0.2) is 54.9 Å². The van der Waals surface area contributed by atoms with Crippen molar-refractivity contribution in [1.82, 2.24) is 14.8 Å². The number of aromatic nitrogens is 1. The third-order valence-corrected chi connectivity index (χ3v) is 4.40. The Morgan fingerprint density at radius 3 is 2.56 bits per heavy atom. The topological polar surface area (TPSA) is 45.7 Å². The number of amides is 1. The van der Waals surface area contributed by atoms with Crippen molar-refractivity contribution in [1.29, 1.82) is 0 Å². The van der Waals surface area contributed by atoms with E-state index in [4.69, 9.17) is 4.74 Å². The molecule has 0 unspecified atom stereocenters. The highest BCUT2D eigenvalue weighted by Crippen LogP contribution is 2.11. The Kier molecular flexibility index (Phi) is 6.40. The maximum absolute atomic E-state index is 12.3. The van der Waals surface area contributed by atoms with Crippen LogP contribution in [0.5, 0.6) is 5.75 Å². The van der Waals surface area contributed by atoms with Crippen molar-refractivity contribution in [3.05, 3.63) is 60.4 Å². The number of hydrogen-bond donors (Lipinski definition) is 0. The van der Waals surface area contributed by atoms with Crippen LogP contribution in [0.2, 0.25) is 0 Å². The predicted octanol–water partition coefficient (Wildman–Crippen LogP) is 2.59. The SMILES string of the molecule is O=C(CCCOc1ccccc1)N1CCN(Cc2cccnc2)CC1. The van der Waals surface area contributed by atoms with E-state index in [0.717, 1.165) is 44.9 Å². The number of rotatable bonds is 7. The van der Waals surface area contributed by atoms with E-state index in [0.29, 0.717) is 13.0 Å². The summed E-state index contributed by atoms with van der Waals surface area (Å²) in [6.45, 7) is 4.93. The van der Waals surface area contributed by atoms with Crippen molar-refractivity contribution in [2.45, 2.75) is 19.4 Å². The van der Waals surface area contributed by atoms with Gasteiger partial charge in [-0.3, -0.25) is 14.7 Å². The summed E-state index contributed by atoms with van der Waals surface area (Å²) in [5.41, 5.74) is 1.22. The zero-order chi connectivity index (χ0) is 17.3.